The first-order valence-electron chi connectivity index (χ1n) is 8.82. The van der Waals surface area contributed by atoms with E-state index >= 15 is 0 Å². The van der Waals surface area contributed by atoms with Gasteiger partial charge in [0.15, 0.2) is 5.82 Å². The Bertz CT molecular complexity index is 934. The number of carbonyl (C=O) groups excluding carboxylic acids is 1. The lowest BCUT2D eigenvalue weighted by Gasteiger charge is -2.17. The normalized spacial score (nSPS) is 16.8. The summed E-state index contributed by atoms with van der Waals surface area (Å²) in [4.78, 5) is 31.3. The molecule has 1 aliphatic heterocycles. The molecule has 1 amide bonds. The zero-order chi connectivity index (χ0) is 18.1. The molecule has 3 aromatic rings. The number of H-pyrrole nitrogens is 1. The lowest BCUT2D eigenvalue weighted by Crippen LogP contribution is -2.28. The van der Waals surface area contributed by atoms with Crippen LogP contribution in [-0.4, -0.2) is 43.8 Å². The average molecular weight is 347 g/mol. The summed E-state index contributed by atoms with van der Waals surface area (Å²) < 4.78 is 0. The van der Waals surface area contributed by atoms with Crippen LogP contribution in [0.4, 0.5) is 0 Å². The van der Waals surface area contributed by atoms with Gasteiger partial charge in [0.05, 0.1) is 0 Å². The highest BCUT2D eigenvalue weighted by atomic mass is 16.2. The van der Waals surface area contributed by atoms with Crippen LogP contribution >= 0.6 is 0 Å². The lowest BCUT2D eigenvalue weighted by atomic mass is 10.0. The van der Waals surface area contributed by atoms with Crippen LogP contribution in [0.15, 0.2) is 42.6 Å². The van der Waals surface area contributed by atoms with Crippen molar-refractivity contribution in [2.75, 3.05) is 13.1 Å². The number of nitrogens with zero attached hydrogens (tertiary/aromatic N) is 4. The van der Waals surface area contributed by atoms with E-state index in [1.54, 1.807) is 6.20 Å². The number of benzene rings is 1. The Kier molecular flexibility index (Phi) is 4.24. The van der Waals surface area contributed by atoms with Crippen LogP contribution in [0, 0.1) is 13.8 Å². The van der Waals surface area contributed by atoms with Crippen molar-refractivity contribution in [2.45, 2.75) is 26.2 Å². The SMILES string of the molecule is Cc1nc(-c2ncc(C)[nH]2)cc([C@H]2CCN(C(=O)c3ccccc3)C2)n1. The van der Waals surface area contributed by atoms with Gasteiger partial charge in [0.2, 0.25) is 0 Å². The Morgan fingerprint density at radius 3 is 2.73 bits per heavy atom. The number of aromatic nitrogens is 4. The van der Waals surface area contributed by atoms with E-state index in [4.69, 9.17) is 0 Å². The number of hydrogen-bond donors (Lipinski definition) is 1. The molecule has 0 bridgehead atoms. The van der Waals surface area contributed by atoms with Crippen LogP contribution in [0.25, 0.3) is 11.5 Å². The van der Waals surface area contributed by atoms with Crippen molar-refractivity contribution in [1.29, 1.82) is 0 Å². The number of imidazole rings is 1. The number of hydrogen-bond acceptors (Lipinski definition) is 4. The molecule has 1 aliphatic rings. The predicted molar refractivity (Wildman–Crippen MR) is 98.8 cm³/mol. The molecule has 1 N–H and O–H groups in total. The topological polar surface area (TPSA) is 74.8 Å². The largest absolute Gasteiger partial charge is 0.341 e. The molecule has 6 nitrogen and oxygen atoms in total. The molecule has 1 saturated heterocycles. The van der Waals surface area contributed by atoms with E-state index in [2.05, 4.69) is 19.9 Å². The number of nitrogens with one attached hydrogen (secondary N) is 1. The van der Waals surface area contributed by atoms with Crippen LogP contribution < -0.4 is 0 Å². The molecule has 0 spiro atoms. The third-order valence-corrected chi connectivity index (χ3v) is 4.72. The molecule has 0 aliphatic carbocycles. The molecule has 1 atom stereocenters. The lowest BCUT2D eigenvalue weighted by molar-refractivity contribution is 0.0790. The summed E-state index contributed by atoms with van der Waals surface area (Å²) in [6.45, 7) is 5.29. The number of rotatable bonds is 3. The van der Waals surface area contributed by atoms with Gasteiger partial charge in [-0.2, -0.15) is 0 Å². The third-order valence-electron chi connectivity index (χ3n) is 4.72. The van der Waals surface area contributed by atoms with Gasteiger partial charge in [-0.05, 0) is 38.5 Å². The van der Waals surface area contributed by atoms with E-state index in [1.807, 2.05) is 55.1 Å². The number of amides is 1. The highest BCUT2D eigenvalue weighted by Gasteiger charge is 2.29. The molecule has 6 heteroatoms. The Labute approximate surface area is 152 Å². The number of carbonyl (C=O) groups is 1. The molecule has 1 aromatic carbocycles. The van der Waals surface area contributed by atoms with Crippen molar-refractivity contribution in [3.05, 3.63) is 65.4 Å². The highest BCUT2D eigenvalue weighted by molar-refractivity contribution is 5.94. The maximum Gasteiger partial charge on any atom is 0.253 e. The molecule has 26 heavy (non-hydrogen) atoms. The van der Waals surface area contributed by atoms with Gasteiger partial charge in [-0.15, -0.1) is 0 Å². The molecule has 2 aromatic heterocycles. The Morgan fingerprint density at radius 1 is 1.19 bits per heavy atom. The fourth-order valence-corrected chi connectivity index (χ4v) is 3.41. The first-order valence-corrected chi connectivity index (χ1v) is 8.82. The zero-order valence-corrected chi connectivity index (χ0v) is 14.9. The second-order valence-electron chi connectivity index (χ2n) is 6.74. The Morgan fingerprint density at radius 2 is 2.00 bits per heavy atom. The van der Waals surface area contributed by atoms with Crippen molar-refractivity contribution < 1.29 is 4.79 Å². The smallest absolute Gasteiger partial charge is 0.253 e. The summed E-state index contributed by atoms with van der Waals surface area (Å²) in [5, 5.41) is 0. The fraction of sp³-hybridized carbons (Fsp3) is 0.300. The molecule has 0 radical (unpaired) electrons. The van der Waals surface area contributed by atoms with E-state index < -0.39 is 0 Å². The third kappa shape index (κ3) is 3.22. The number of likely N-dealkylation sites (tertiary alicyclic amines) is 1. The van der Waals surface area contributed by atoms with Crippen molar-refractivity contribution in [1.82, 2.24) is 24.8 Å². The summed E-state index contributed by atoms with van der Waals surface area (Å²) in [6, 6.07) is 11.4. The summed E-state index contributed by atoms with van der Waals surface area (Å²) in [7, 11) is 0. The Balaban J connectivity index is 1.55. The quantitative estimate of drug-likeness (QED) is 0.790. The minimum atomic E-state index is 0.0840. The van der Waals surface area contributed by atoms with Gasteiger partial charge in [-0.3, -0.25) is 4.79 Å². The van der Waals surface area contributed by atoms with Crippen LogP contribution in [0.5, 0.6) is 0 Å². The van der Waals surface area contributed by atoms with E-state index in [0.717, 1.165) is 47.3 Å². The van der Waals surface area contributed by atoms with Crippen LogP contribution in [0.3, 0.4) is 0 Å². The minimum Gasteiger partial charge on any atom is -0.341 e. The van der Waals surface area contributed by atoms with Gasteiger partial charge in [0, 0.05) is 42.2 Å². The van der Waals surface area contributed by atoms with Crippen LogP contribution in [-0.2, 0) is 0 Å². The predicted octanol–water partition coefficient (Wildman–Crippen LogP) is 3.11. The zero-order valence-electron chi connectivity index (χ0n) is 14.9. The van der Waals surface area contributed by atoms with Gasteiger partial charge in [-0.1, -0.05) is 18.2 Å². The summed E-state index contributed by atoms with van der Waals surface area (Å²) in [6.07, 6.45) is 2.70. The van der Waals surface area contributed by atoms with E-state index in [0.29, 0.717) is 6.54 Å². The molecule has 0 unspecified atom stereocenters. The van der Waals surface area contributed by atoms with Crippen LogP contribution in [0.2, 0.25) is 0 Å². The molecule has 3 heterocycles. The van der Waals surface area contributed by atoms with Gasteiger partial charge < -0.3 is 9.88 Å². The second kappa shape index (κ2) is 6.71. The number of aryl methyl sites for hydroxylation is 2. The first kappa shape index (κ1) is 16.4. The summed E-state index contributed by atoms with van der Waals surface area (Å²) >= 11 is 0. The maximum absolute atomic E-state index is 12.7. The van der Waals surface area contributed by atoms with Crippen molar-refractivity contribution >= 4 is 5.91 Å². The summed E-state index contributed by atoms with van der Waals surface area (Å²) in [5.41, 5.74) is 3.51. The molecule has 0 saturated carbocycles. The number of aromatic amines is 1. The van der Waals surface area contributed by atoms with Crippen molar-refractivity contribution in [3.63, 3.8) is 0 Å². The van der Waals surface area contributed by atoms with Crippen molar-refractivity contribution in [3.8, 4) is 11.5 Å². The average Bonchev–Trinajstić information content (AvgIpc) is 3.31. The Hall–Kier alpha value is -3.02. The molecular weight excluding hydrogens is 326 g/mol. The van der Waals surface area contributed by atoms with Crippen molar-refractivity contribution in [2.24, 2.45) is 0 Å². The molecule has 132 valence electrons. The van der Waals surface area contributed by atoms with E-state index in [1.165, 1.54) is 0 Å². The van der Waals surface area contributed by atoms with E-state index in [9.17, 15) is 4.79 Å². The standard InChI is InChI=1S/C20H21N5O/c1-13-11-21-19(22-13)18-10-17(23-14(2)24-18)16-8-9-25(12-16)20(26)15-6-4-3-5-7-15/h3-7,10-11,16H,8-9,12H2,1-2H3,(H,21,22)/t16-/m0/s1. The van der Waals surface area contributed by atoms with Gasteiger partial charge in [-0.25, -0.2) is 15.0 Å². The van der Waals surface area contributed by atoms with E-state index in [-0.39, 0.29) is 11.8 Å². The second-order valence-corrected chi connectivity index (χ2v) is 6.74. The molecule has 1 fully saturated rings. The monoisotopic (exact) mass is 347 g/mol. The summed E-state index contributed by atoms with van der Waals surface area (Å²) in [5.74, 6) is 1.78. The van der Waals surface area contributed by atoms with Gasteiger partial charge >= 0.3 is 0 Å². The first-order chi connectivity index (χ1) is 12.6. The van der Waals surface area contributed by atoms with Crippen LogP contribution in [0.1, 0.15) is 39.9 Å². The fourth-order valence-electron chi connectivity index (χ4n) is 3.41. The van der Waals surface area contributed by atoms with Gasteiger partial charge in [0.1, 0.15) is 11.5 Å². The molecule has 4 rings (SSSR count). The maximum atomic E-state index is 12.7. The minimum absolute atomic E-state index is 0.0840. The molecular formula is C20H21N5O. The highest BCUT2D eigenvalue weighted by Crippen LogP contribution is 2.28. The van der Waals surface area contributed by atoms with Gasteiger partial charge in [0.25, 0.3) is 5.91 Å².